The molecule has 25 heavy (non-hydrogen) atoms. The first-order chi connectivity index (χ1) is 12.2. The molecule has 0 aliphatic carbocycles. The van der Waals surface area contributed by atoms with E-state index in [1.807, 2.05) is 31.6 Å². The Bertz CT molecular complexity index is 848. The lowest BCUT2D eigenvalue weighted by atomic mass is 10.0. The number of aromatic nitrogens is 3. The molecule has 0 N–H and O–H groups in total. The van der Waals surface area contributed by atoms with Crippen LogP contribution < -0.4 is 9.80 Å². The Morgan fingerprint density at radius 3 is 2.48 bits per heavy atom. The zero-order valence-electron chi connectivity index (χ0n) is 14.8. The van der Waals surface area contributed by atoms with Gasteiger partial charge in [0.2, 0.25) is 5.95 Å². The van der Waals surface area contributed by atoms with Gasteiger partial charge in [-0.15, -0.1) is 0 Å². The van der Waals surface area contributed by atoms with E-state index in [9.17, 15) is 0 Å². The molecule has 2 aromatic heterocycles. The van der Waals surface area contributed by atoms with Crippen molar-refractivity contribution in [3.8, 4) is 0 Å². The first-order valence-corrected chi connectivity index (χ1v) is 8.82. The number of hydrogen-bond acceptors (Lipinski definition) is 5. The zero-order chi connectivity index (χ0) is 17.2. The molecule has 0 spiro atoms. The number of aryl methyl sites for hydroxylation is 1. The Kier molecular flexibility index (Phi) is 4.22. The van der Waals surface area contributed by atoms with E-state index in [1.54, 1.807) is 0 Å². The number of hydrogen-bond donors (Lipinski definition) is 0. The highest BCUT2D eigenvalue weighted by molar-refractivity contribution is 5.91. The Hall–Kier alpha value is -2.69. The van der Waals surface area contributed by atoms with Crippen molar-refractivity contribution in [2.75, 3.05) is 29.9 Å². The number of pyridine rings is 1. The van der Waals surface area contributed by atoms with Gasteiger partial charge < -0.3 is 9.80 Å². The summed E-state index contributed by atoms with van der Waals surface area (Å²) in [6.07, 6.45) is 7.89. The molecule has 1 aliphatic rings. The molecule has 0 radical (unpaired) electrons. The van der Waals surface area contributed by atoms with E-state index in [2.05, 4.69) is 56.1 Å². The third kappa shape index (κ3) is 3.14. The summed E-state index contributed by atoms with van der Waals surface area (Å²) in [5, 5.41) is 1.23. The van der Waals surface area contributed by atoms with Crippen molar-refractivity contribution >= 4 is 22.5 Å². The molecular formula is C20H23N5. The molecule has 0 unspecified atom stereocenters. The number of nitrogens with zero attached hydrogens (tertiary/aromatic N) is 5. The predicted molar refractivity (Wildman–Crippen MR) is 102 cm³/mol. The second-order valence-electron chi connectivity index (χ2n) is 6.74. The standard InChI is InChI=1S/C20H23N5/c1-15-13-22-20(23-14-15)24(2)16-8-11-25(12-9-16)19-7-10-21-18-6-4-3-5-17(18)19/h3-7,10,13-14,16H,8-9,11-12H2,1-2H3. The Morgan fingerprint density at radius 1 is 1.00 bits per heavy atom. The average molecular weight is 333 g/mol. The molecule has 5 nitrogen and oxygen atoms in total. The summed E-state index contributed by atoms with van der Waals surface area (Å²) in [6, 6.07) is 11.0. The third-order valence-electron chi connectivity index (χ3n) is 5.06. The third-order valence-corrected chi connectivity index (χ3v) is 5.06. The minimum Gasteiger partial charge on any atom is -0.371 e. The van der Waals surface area contributed by atoms with Crippen molar-refractivity contribution in [2.45, 2.75) is 25.8 Å². The molecule has 0 bridgehead atoms. The van der Waals surface area contributed by atoms with Crippen molar-refractivity contribution in [1.82, 2.24) is 15.0 Å². The number of rotatable bonds is 3. The van der Waals surface area contributed by atoms with E-state index in [0.717, 1.165) is 43.0 Å². The smallest absolute Gasteiger partial charge is 0.225 e. The summed E-state index contributed by atoms with van der Waals surface area (Å²) in [6.45, 7) is 4.09. The van der Waals surface area contributed by atoms with Crippen LogP contribution in [0.5, 0.6) is 0 Å². The van der Waals surface area contributed by atoms with Crippen LogP contribution >= 0.6 is 0 Å². The van der Waals surface area contributed by atoms with Crippen molar-refractivity contribution in [3.05, 3.63) is 54.5 Å². The van der Waals surface area contributed by atoms with Gasteiger partial charge in [-0.05, 0) is 37.5 Å². The van der Waals surface area contributed by atoms with Crippen LogP contribution in [0.1, 0.15) is 18.4 Å². The summed E-state index contributed by atoms with van der Waals surface area (Å²) >= 11 is 0. The number of piperidine rings is 1. The van der Waals surface area contributed by atoms with Gasteiger partial charge in [-0.2, -0.15) is 0 Å². The van der Waals surface area contributed by atoms with Gasteiger partial charge in [0.15, 0.2) is 0 Å². The van der Waals surface area contributed by atoms with Crippen molar-refractivity contribution in [2.24, 2.45) is 0 Å². The minimum absolute atomic E-state index is 0.479. The topological polar surface area (TPSA) is 45.2 Å². The highest BCUT2D eigenvalue weighted by Gasteiger charge is 2.24. The molecule has 0 saturated carbocycles. The van der Waals surface area contributed by atoms with Crippen LogP contribution in [0.2, 0.25) is 0 Å². The van der Waals surface area contributed by atoms with Gasteiger partial charge in [0.25, 0.3) is 0 Å². The summed E-state index contributed by atoms with van der Waals surface area (Å²) in [7, 11) is 2.10. The first kappa shape index (κ1) is 15.8. The van der Waals surface area contributed by atoms with Gasteiger partial charge in [0, 0.05) is 55.8 Å². The molecular weight excluding hydrogens is 310 g/mol. The van der Waals surface area contributed by atoms with E-state index in [1.165, 1.54) is 11.1 Å². The molecule has 5 heteroatoms. The maximum Gasteiger partial charge on any atom is 0.225 e. The molecule has 1 saturated heterocycles. The van der Waals surface area contributed by atoms with E-state index in [4.69, 9.17) is 0 Å². The van der Waals surface area contributed by atoms with Crippen LogP contribution in [0.15, 0.2) is 48.9 Å². The normalized spacial score (nSPS) is 15.5. The molecule has 1 aromatic carbocycles. The highest BCUT2D eigenvalue weighted by atomic mass is 15.3. The lowest BCUT2D eigenvalue weighted by molar-refractivity contribution is 0.478. The molecule has 0 atom stereocenters. The Labute approximate surface area is 148 Å². The lowest BCUT2D eigenvalue weighted by Gasteiger charge is -2.38. The van der Waals surface area contributed by atoms with E-state index in [0.29, 0.717) is 6.04 Å². The van der Waals surface area contributed by atoms with Gasteiger partial charge >= 0.3 is 0 Å². The predicted octanol–water partition coefficient (Wildman–Crippen LogP) is 3.44. The summed E-state index contributed by atoms with van der Waals surface area (Å²) < 4.78 is 0. The van der Waals surface area contributed by atoms with Crippen molar-refractivity contribution in [1.29, 1.82) is 0 Å². The molecule has 3 heterocycles. The number of anilines is 2. The van der Waals surface area contributed by atoms with Gasteiger partial charge in [0.05, 0.1) is 5.52 Å². The molecule has 0 amide bonds. The molecule has 3 aromatic rings. The lowest BCUT2D eigenvalue weighted by Crippen LogP contribution is -2.44. The SMILES string of the molecule is Cc1cnc(N(C)C2CCN(c3ccnc4ccccc34)CC2)nc1. The summed E-state index contributed by atoms with van der Waals surface area (Å²) in [4.78, 5) is 18.1. The number of fused-ring (bicyclic) bond motifs is 1. The maximum absolute atomic E-state index is 4.48. The van der Waals surface area contributed by atoms with Crippen LogP contribution in [0.25, 0.3) is 10.9 Å². The van der Waals surface area contributed by atoms with Crippen LogP contribution in [0.4, 0.5) is 11.6 Å². The molecule has 1 fully saturated rings. The largest absolute Gasteiger partial charge is 0.371 e. The second kappa shape index (κ2) is 6.67. The van der Waals surface area contributed by atoms with Crippen molar-refractivity contribution in [3.63, 3.8) is 0 Å². The fourth-order valence-corrected chi connectivity index (χ4v) is 3.58. The Balaban J connectivity index is 1.48. The maximum atomic E-state index is 4.48. The minimum atomic E-state index is 0.479. The van der Waals surface area contributed by atoms with Crippen molar-refractivity contribution < 1.29 is 0 Å². The molecule has 128 valence electrons. The first-order valence-electron chi connectivity index (χ1n) is 8.82. The number of para-hydroxylation sites is 1. The zero-order valence-corrected chi connectivity index (χ0v) is 14.8. The van der Waals surface area contributed by atoms with E-state index >= 15 is 0 Å². The highest BCUT2D eigenvalue weighted by Crippen LogP contribution is 2.29. The van der Waals surface area contributed by atoms with Gasteiger partial charge in [-0.1, -0.05) is 18.2 Å². The number of benzene rings is 1. The summed E-state index contributed by atoms with van der Waals surface area (Å²) in [5.41, 5.74) is 3.45. The quantitative estimate of drug-likeness (QED) is 0.735. The molecule has 1 aliphatic heterocycles. The van der Waals surface area contributed by atoms with Gasteiger partial charge in [-0.3, -0.25) is 4.98 Å². The van der Waals surface area contributed by atoms with Crippen LogP contribution in [-0.4, -0.2) is 41.1 Å². The van der Waals surface area contributed by atoms with Gasteiger partial charge in [-0.25, -0.2) is 9.97 Å². The fourth-order valence-electron chi connectivity index (χ4n) is 3.58. The summed E-state index contributed by atoms with van der Waals surface area (Å²) in [5.74, 6) is 0.818. The average Bonchev–Trinajstić information content (AvgIpc) is 2.68. The Morgan fingerprint density at radius 2 is 1.72 bits per heavy atom. The second-order valence-corrected chi connectivity index (χ2v) is 6.74. The van der Waals surface area contributed by atoms with Gasteiger partial charge in [0.1, 0.15) is 0 Å². The van der Waals surface area contributed by atoms with E-state index < -0.39 is 0 Å². The van der Waals surface area contributed by atoms with Crippen LogP contribution in [0.3, 0.4) is 0 Å². The monoisotopic (exact) mass is 333 g/mol. The van der Waals surface area contributed by atoms with Crippen LogP contribution in [0, 0.1) is 6.92 Å². The van der Waals surface area contributed by atoms with Crippen LogP contribution in [-0.2, 0) is 0 Å². The fraction of sp³-hybridized carbons (Fsp3) is 0.350. The molecule has 4 rings (SSSR count). The van der Waals surface area contributed by atoms with E-state index in [-0.39, 0.29) is 0 Å².